The quantitative estimate of drug-likeness (QED) is 0.451. The van der Waals surface area contributed by atoms with E-state index >= 15 is 0 Å². The molecule has 1 heterocycles. The highest BCUT2D eigenvalue weighted by atomic mass is 16.1. The molecule has 0 saturated carbocycles. The number of hydrogen-bond donors (Lipinski definition) is 2. The van der Waals surface area contributed by atoms with Gasteiger partial charge in [-0.2, -0.15) is 0 Å². The van der Waals surface area contributed by atoms with Gasteiger partial charge in [0, 0.05) is 13.1 Å². The Labute approximate surface area is 54.8 Å². The van der Waals surface area contributed by atoms with Gasteiger partial charge in [-0.3, -0.25) is 0 Å². The highest BCUT2D eigenvalue weighted by Gasteiger charge is 2.07. The maximum Gasteiger partial charge on any atom is 0.136 e. The smallest absolute Gasteiger partial charge is 0.136 e. The van der Waals surface area contributed by atoms with E-state index in [1.807, 2.05) is 0 Å². The standard InChI is InChI=1S/C6H12N2O/c9-5-6-1-2-7-3-4-8-6/h5-8H,1-4H2. The van der Waals surface area contributed by atoms with E-state index in [-0.39, 0.29) is 6.04 Å². The second-order valence-electron chi connectivity index (χ2n) is 2.24. The molecule has 9 heavy (non-hydrogen) atoms. The van der Waals surface area contributed by atoms with Gasteiger partial charge in [0.1, 0.15) is 6.29 Å². The van der Waals surface area contributed by atoms with E-state index in [1.54, 1.807) is 0 Å². The normalized spacial score (nSPS) is 29.1. The summed E-state index contributed by atoms with van der Waals surface area (Å²) in [5.41, 5.74) is 0. The lowest BCUT2D eigenvalue weighted by atomic mass is 10.2. The fourth-order valence-electron chi connectivity index (χ4n) is 0.947. The molecule has 0 aliphatic carbocycles. The van der Waals surface area contributed by atoms with Crippen molar-refractivity contribution in [1.29, 1.82) is 0 Å². The summed E-state index contributed by atoms with van der Waals surface area (Å²) in [6.45, 7) is 2.84. The maximum atomic E-state index is 10.2. The molecule has 1 saturated heterocycles. The molecule has 1 rings (SSSR count). The van der Waals surface area contributed by atoms with Crippen LogP contribution in [0.15, 0.2) is 0 Å². The summed E-state index contributed by atoms with van der Waals surface area (Å²) in [7, 11) is 0. The average Bonchev–Trinajstić information content (AvgIpc) is 2.13. The van der Waals surface area contributed by atoms with Crippen LogP contribution in [0.3, 0.4) is 0 Å². The summed E-state index contributed by atoms with van der Waals surface area (Å²) in [6.07, 6.45) is 1.90. The van der Waals surface area contributed by atoms with Crippen LogP contribution in [-0.2, 0) is 4.79 Å². The van der Waals surface area contributed by atoms with E-state index in [0.717, 1.165) is 32.3 Å². The first-order valence-corrected chi connectivity index (χ1v) is 3.33. The fourth-order valence-corrected chi connectivity index (χ4v) is 0.947. The molecule has 3 nitrogen and oxygen atoms in total. The SMILES string of the molecule is O=CC1CCNCCN1. The zero-order valence-corrected chi connectivity index (χ0v) is 5.39. The van der Waals surface area contributed by atoms with Gasteiger partial charge in [0.25, 0.3) is 0 Å². The summed E-state index contributed by atoms with van der Waals surface area (Å²) >= 11 is 0. The molecular weight excluding hydrogens is 116 g/mol. The van der Waals surface area contributed by atoms with Gasteiger partial charge in [0.2, 0.25) is 0 Å². The molecule has 1 unspecified atom stereocenters. The summed E-state index contributed by atoms with van der Waals surface area (Å²) in [5, 5.41) is 6.29. The van der Waals surface area contributed by atoms with Crippen molar-refractivity contribution in [2.75, 3.05) is 19.6 Å². The number of carbonyl (C=O) groups excluding carboxylic acids is 1. The monoisotopic (exact) mass is 128 g/mol. The molecule has 1 aliphatic heterocycles. The van der Waals surface area contributed by atoms with Gasteiger partial charge in [-0.15, -0.1) is 0 Å². The minimum Gasteiger partial charge on any atom is -0.315 e. The van der Waals surface area contributed by atoms with Crippen LogP contribution in [0.5, 0.6) is 0 Å². The molecular formula is C6H12N2O. The maximum absolute atomic E-state index is 10.2. The highest BCUT2D eigenvalue weighted by molar-refractivity contribution is 5.57. The highest BCUT2D eigenvalue weighted by Crippen LogP contribution is 1.88. The third-order valence-corrected chi connectivity index (χ3v) is 1.50. The molecule has 0 aromatic carbocycles. The first-order valence-electron chi connectivity index (χ1n) is 3.33. The van der Waals surface area contributed by atoms with Crippen molar-refractivity contribution >= 4 is 6.29 Å². The first-order chi connectivity index (χ1) is 4.43. The van der Waals surface area contributed by atoms with Crippen LogP contribution in [0.1, 0.15) is 6.42 Å². The Bertz CT molecular complexity index is 87.1. The second-order valence-corrected chi connectivity index (χ2v) is 2.24. The number of nitrogens with one attached hydrogen (secondary N) is 2. The first kappa shape index (κ1) is 6.71. The van der Waals surface area contributed by atoms with Crippen molar-refractivity contribution in [3.05, 3.63) is 0 Å². The molecule has 0 amide bonds. The predicted octanol–water partition coefficient (Wildman–Crippen LogP) is -0.863. The van der Waals surface area contributed by atoms with Gasteiger partial charge >= 0.3 is 0 Å². The van der Waals surface area contributed by atoms with Crippen LogP contribution in [0, 0.1) is 0 Å². The van der Waals surface area contributed by atoms with Gasteiger partial charge in [0.15, 0.2) is 0 Å². The van der Waals surface area contributed by atoms with Crippen LogP contribution in [0.2, 0.25) is 0 Å². The molecule has 0 spiro atoms. The Hall–Kier alpha value is -0.410. The lowest BCUT2D eigenvalue weighted by Crippen LogP contribution is -2.30. The second kappa shape index (κ2) is 3.58. The third kappa shape index (κ3) is 2.11. The van der Waals surface area contributed by atoms with Gasteiger partial charge in [-0.05, 0) is 13.0 Å². The fraction of sp³-hybridized carbons (Fsp3) is 0.833. The van der Waals surface area contributed by atoms with Gasteiger partial charge in [-0.1, -0.05) is 0 Å². The number of hydrogen-bond acceptors (Lipinski definition) is 3. The Morgan fingerprint density at radius 2 is 2.22 bits per heavy atom. The Kier molecular flexibility index (Phi) is 2.67. The van der Waals surface area contributed by atoms with E-state index in [4.69, 9.17) is 0 Å². The Balaban J connectivity index is 2.26. The van der Waals surface area contributed by atoms with Crippen LogP contribution in [0.4, 0.5) is 0 Å². The van der Waals surface area contributed by atoms with Crippen LogP contribution < -0.4 is 10.6 Å². The molecule has 1 fully saturated rings. The average molecular weight is 128 g/mol. The zero-order valence-electron chi connectivity index (χ0n) is 5.39. The third-order valence-electron chi connectivity index (χ3n) is 1.50. The number of aldehydes is 1. The van der Waals surface area contributed by atoms with Gasteiger partial charge < -0.3 is 15.4 Å². The summed E-state index contributed by atoms with van der Waals surface area (Å²) in [5.74, 6) is 0. The van der Waals surface area contributed by atoms with E-state index in [1.165, 1.54) is 0 Å². The number of rotatable bonds is 1. The van der Waals surface area contributed by atoms with Crippen LogP contribution >= 0.6 is 0 Å². The molecule has 0 aromatic rings. The lowest BCUT2D eigenvalue weighted by Gasteiger charge is -2.04. The van der Waals surface area contributed by atoms with E-state index < -0.39 is 0 Å². The van der Waals surface area contributed by atoms with E-state index in [2.05, 4.69) is 10.6 Å². The zero-order chi connectivity index (χ0) is 6.53. The minimum absolute atomic E-state index is 0.0833. The van der Waals surface area contributed by atoms with Crippen molar-refractivity contribution in [2.24, 2.45) is 0 Å². The molecule has 52 valence electrons. The van der Waals surface area contributed by atoms with Crippen molar-refractivity contribution in [3.63, 3.8) is 0 Å². The molecule has 0 bridgehead atoms. The van der Waals surface area contributed by atoms with Crippen molar-refractivity contribution in [1.82, 2.24) is 10.6 Å². The summed E-state index contributed by atoms with van der Waals surface area (Å²) in [6, 6.07) is 0.0833. The molecule has 2 N–H and O–H groups in total. The Morgan fingerprint density at radius 3 is 3.00 bits per heavy atom. The van der Waals surface area contributed by atoms with E-state index in [0.29, 0.717) is 0 Å². The van der Waals surface area contributed by atoms with E-state index in [9.17, 15) is 4.79 Å². The Morgan fingerprint density at radius 1 is 1.33 bits per heavy atom. The van der Waals surface area contributed by atoms with Crippen molar-refractivity contribution in [2.45, 2.75) is 12.5 Å². The molecule has 1 atom stereocenters. The predicted molar refractivity (Wildman–Crippen MR) is 35.3 cm³/mol. The topological polar surface area (TPSA) is 41.1 Å². The molecule has 0 radical (unpaired) electrons. The lowest BCUT2D eigenvalue weighted by molar-refractivity contribution is -0.109. The molecule has 1 aliphatic rings. The molecule has 0 aromatic heterocycles. The van der Waals surface area contributed by atoms with Gasteiger partial charge in [-0.25, -0.2) is 0 Å². The summed E-state index contributed by atoms with van der Waals surface area (Å²) in [4.78, 5) is 10.2. The largest absolute Gasteiger partial charge is 0.315 e. The van der Waals surface area contributed by atoms with Crippen molar-refractivity contribution in [3.8, 4) is 0 Å². The van der Waals surface area contributed by atoms with Crippen LogP contribution in [-0.4, -0.2) is 32.0 Å². The van der Waals surface area contributed by atoms with Crippen molar-refractivity contribution < 1.29 is 4.79 Å². The number of carbonyl (C=O) groups is 1. The minimum atomic E-state index is 0.0833. The van der Waals surface area contributed by atoms with Crippen LogP contribution in [0.25, 0.3) is 0 Å². The molecule has 3 heteroatoms. The summed E-state index contributed by atoms with van der Waals surface area (Å²) < 4.78 is 0. The van der Waals surface area contributed by atoms with Gasteiger partial charge in [0.05, 0.1) is 6.04 Å².